The van der Waals surface area contributed by atoms with E-state index in [4.69, 9.17) is 16.3 Å². The molecule has 0 radical (unpaired) electrons. The van der Waals surface area contributed by atoms with Gasteiger partial charge in [-0.05, 0) is 24.1 Å². The van der Waals surface area contributed by atoms with Gasteiger partial charge >= 0.3 is 0 Å². The number of benzene rings is 1. The number of nitrogens with one attached hydrogen (secondary N) is 2. The summed E-state index contributed by atoms with van der Waals surface area (Å²) in [4.78, 5) is 12.3. The molecule has 7 heteroatoms. The molecule has 0 unspecified atom stereocenters. The van der Waals surface area contributed by atoms with E-state index in [1.807, 2.05) is 24.3 Å². The zero-order valence-electron chi connectivity index (χ0n) is 13.5. The molecule has 1 amide bonds. The second-order valence-electron chi connectivity index (χ2n) is 5.95. The zero-order valence-corrected chi connectivity index (χ0v) is 14.3. The number of methoxy groups -OCH3 is 1. The van der Waals surface area contributed by atoms with Crippen LogP contribution in [-0.2, 0) is 16.1 Å². The molecule has 3 rings (SSSR count). The number of carbonyl (C=O) groups excluding carboxylic acids is 1. The van der Waals surface area contributed by atoms with Gasteiger partial charge < -0.3 is 15.4 Å². The molecule has 1 aliphatic rings. The van der Waals surface area contributed by atoms with E-state index in [9.17, 15) is 4.79 Å². The van der Waals surface area contributed by atoms with Gasteiger partial charge in [0, 0.05) is 37.2 Å². The summed E-state index contributed by atoms with van der Waals surface area (Å²) < 4.78 is 7.07. The van der Waals surface area contributed by atoms with Gasteiger partial charge in [-0.15, -0.1) is 0 Å². The number of aromatic nitrogens is 2. The maximum atomic E-state index is 12.3. The molecule has 2 atom stereocenters. The molecule has 6 nitrogen and oxygen atoms in total. The molecule has 1 aliphatic heterocycles. The highest BCUT2D eigenvalue weighted by Crippen LogP contribution is 2.16. The normalized spacial score (nSPS) is 20.2. The minimum Gasteiger partial charge on any atom is -0.380 e. The minimum atomic E-state index is -0.0258. The highest BCUT2D eigenvalue weighted by atomic mass is 35.5. The Labute approximate surface area is 146 Å². The Hall–Kier alpha value is -1.89. The van der Waals surface area contributed by atoms with Crippen molar-refractivity contribution in [2.24, 2.45) is 0 Å². The van der Waals surface area contributed by atoms with Crippen molar-refractivity contribution in [1.82, 2.24) is 15.1 Å². The molecule has 1 fully saturated rings. The average molecular weight is 349 g/mol. The SMILES string of the molecule is CO[C@@H]1CN[C@H](CC(=O)Nc2ccnn2Cc2ccc(Cl)cc2)C1. The number of nitrogens with zero attached hydrogens (tertiary/aromatic N) is 2. The maximum absolute atomic E-state index is 12.3. The molecule has 24 heavy (non-hydrogen) atoms. The third kappa shape index (κ3) is 4.35. The fraction of sp³-hybridized carbons (Fsp3) is 0.412. The average Bonchev–Trinajstić information content (AvgIpc) is 3.19. The lowest BCUT2D eigenvalue weighted by atomic mass is 10.1. The first kappa shape index (κ1) is 17.0. The first-order valence-corrected chi connectivity index (χ1v) is 8.34. The van der Waals surface area contributed by atoms with Crippen LogP contribution in [0.3, 0.4) is 0 Å². The molecule has 2 aromatic rings. The first-order chi connectivity index (χ1) is 11.6. The smallest absolute Gasteiger partial charge is 0.227 e. The quantitative estimate of drug-likeness (QED) is 0.840. The van der Waals surface area contributed by atoms with E-state index in [0.717, 1.165) is 18.5 Å². The minimum absolute atomic E-state index is 0.0258. The van der Waals surface area contributed by atoms with Gasteiger partial charge in [0.1, 0.15) is 5.82 Å². The van der Waals surface area contributed by atoms with Gasteiger partial charge in [-0.2, -0.15) is 5.10 Å². The lowest BCUT2D eigenvalue weighted by Gasteiger charge is -2.12. The van der Waals surface area contributed by atoms with Crippen LogP contribution in [0, 0.1) is 0 Å². The molecule has 2 N–H and O–H groups in total. The number of amides is 1. The lowest BCUT2D eigenvalue weighted by molar-refractivity contribution is -0.116. The third-order valence-electron chi connectivity index (χ3n) is 4.18. The zero-order chi connectivity index (χ0) is 16.9. The Kier molecular flexibility index (Phi) is 5.50. The molecule has 1 aromatic carbocycles. The van der Waals surface area contributed by atoms with Crippen molar-refractivity contribution in [3.8, 4) is 0 Å². The largest absolute Gasteiger partial charge is 0.380 e. The van der Waals surface area contributed by atoms with Crippen molar-refractivity contribution in [3.05, 3.63) is 47.1 Å². The van der Waals surface area contributed by atoms with Gasteiger partial charge in [0.15, 0.2) is 0 Å². The van der Waals surface area contributed by atoms with Crippen LogP contribution in [0.5, 0.6) is 0 Å². The van der Waals surface area contributed by atoms with Crippen molar-refractivity contribution < 1.29 is 9.53 Å². The summed E-state index contributed by atoms with van der Waals surface area (Å²) in [5.74, 6) is 0.665. The fourth-order valence-electron chi connectivity index (χ4n) is 2.86. The molecular weight excluding hydrogens is 328 g/mol. The highest BCUT2D eigenvalue weighted by Gasteiger charge is 2.25. The number of hydrogen-bond acceptors (Lipinski definition) is 4. The van der Waals surface area contributed by atoms with Crippen LogP contribution in [0.2, 0.25) is 5.02 Å². The van der Waals surface area contributed by atoms with Crippen LogP contribution in [0.1, 0.15) is 18.4 Å². The predicted molar refractivity (Wildman–Crippen MR) is 93.2 cm³/mol. The Morgan fingerprint density at radius 3 is 2.92 bits per heavy atom. The number of ether oxygens (including phenoxy) is 1. The van der Waals surface area contributed by atoms with E-state index in [2.05, 4.69) is 15.7 Å². The van der Waals surface area contributed by atoms with Crippen LogP contribution in [0.15, 0.2) is 36.5 Å². The van der Waals surface area contributed by atoms with Gasteiger partial charge in [0.2, 0.25) is 5.91 Å². The molecule has 1 saturated heterocycles. The summed E-state index contributed by atoms with van der Waals surface area (Å²) in [6.07, 6.45) is 3.15. The Morgan fingerprint density at radius 2 is 2.21 bits per heavy atom. The Morgan fingerprint density at radius 1 is 1.42 bits per heavy atom. The summed E-state index contributed by atoms with van der Waals surface area (Å²) in [5.41, 5.74) is 1.07. The predicted octanol–water partition coefficient (Wildman–Crippen LogP) is 2.29. The molecular formula is C17H21ClN4O2. The van der Waals surface area contributed by atoms with Crippen LogP contribution >= 0.6 is 11.6 Å². The summed E-state index contributed by atoms with van der Waals surface area (Å²) >= 11 is 5.90. The summed E-state index contributed by atoms with van der Waals surface area (Å²) in [7, 11) is 1.70. The van der Waals surface area contributed by atoms with Crippen molar-refractivity contribution in [1.29, 1.82) is 0 Å². The lowest BCUT2D eigenvalue weighted by Crippen LogP contribution is -2.28. The molecule has 0 spiro atoms. The monoisotopic (exact) mass is 348 g/mol. The third-order valence-corrected chi connectivity index (χ3v) is 4.43. The van der Waals surface area contributed by atoms with Gasteiger partial charge in [0.05, 0.1) is 18.8 Å². The van der Waals surface area contributed by atoms with Gasteiger partial charge in [-0.25, -0.2) is 4.68 Å². The van der Waals surface area contributed by atoms with Crippen molar-refractivity contribution >= 4 is 23.3 Å². The molecule has 0 saturated carbocycles. The van der Waals surface area contributed by atoms with E-state index >= 15 is 0 Å². The van der Waals surface area contributed by atoms with Crippen molar-refractivity contribution in [3.63, 3.8) is 0 Å². The van der Waals surface area contributed by atoms with E-state index in [-0.39, 0.29) is 18.1 Å². The van der Waals surface area contributed by atoms with Gasteiger partial charge in [-0.1, -0.05) is 23.7 Å². The van der Waals surface area contributed by atoms with Crippen molar-refractivity contribution in [2.75, 3.05) is 19.0 Å². The molecule has 2 heterocycles. The van der Waals surface area contributed by atoms with Crippen LogP contribution in [-0.4, -0.2) is 41.5 Å². The molecule has 0 bridgehead atoms. The summed E-state index contributed by atoms with van der Waals surface area (Å²) in [6, 6.07) is 9.54. The summed E-state index contributed by atoms with van der Waals surface area (Å²) in [5, 5.41) is 11.2. The van der Waals surface area contributed by atoms with Gasteiger partial charge in [0.25, 0.3) is 0 Å². The van der Waals surface area contributed by atoms with Crippen molar-refractivity contribution in [2.45, 2.75) is 31.5 Å². The number of carbonyl (C=O) groups is 1. The molecule has 128 valence electrons. The van der Waals surface area contributed by atoms with E-state index in [1.165, 1.54) is 0 Å². The second kappa shape index (κ2) is 7.79. The van der Waals surface area contributed by atoms with E-state index in [0.29, 0.717) is 23.8 Å². The van der Waals surface area contributed by atoms with Crippen LogP contribution in [0.25, 0.3) is 0 Å². The Balaban J connectivity index is 1.57. The number of hydrogen-bond donors (Lipinski definition) is 2. The fourth-order valence-corrected chi connectivity index (χ4v) is 2.99. The van der Waals surface area contributed by atoms with E-state index in [1.54, 1.807) is 24.1 Å². The molecule has 0 aliphatic carbocycles. The maximum Gasteiger partial charge on any atom is 0.227 e. The van der Waals surface area contributed by atoms with Crippen LogP contribution < -0.4 is 10.6 Å². The number of anilines is 1. The van der Waals surface area contributed by atoms with E-state index < -0.39 is 0 Å². The first-order valence-electron chi connectivity index (χ1n) is 7.96. The second-order valence-corrected chi connectivity index (χ2v) is 6.39. The number of rotatable bonds is 6. The topological polar surface area (TPSA) is 68.2 Å². The number of halogens is 1. The highest BCUT2D eigenvalue weighted by molar-refractivity contribution is 6.30. The van der Waals surface area contributed by atoms with Gasteiger partial charge in [-0.3, -0.25) is 4.79 Å². The molecule has 1 aromatic heterocycles. The van der Waals surface area contributed by atoms with Crippen LogP contribution in [0.4, 0.5) is 5.82 Å². The summed E-state index contributed by atoms with van der Waals surface area (Å²) in [6.45, 7) is 1.37. The Bertz CT molecular complexity index is 686. The standard InChI is InChI=1S/C17H21ClN4O2/c1-24-15-8-14(19-10-15)9-17(23)21-16-6-7-20-22(16)11-12-2-4-13(18)5-3-12/h2-7,14-15,19H,8-11H2,1H3,(H,21,23)/t14-,15-/m0/s1.